The van der Waals surface area contributed by atoms with Gasteiger partial charge in [0.2, 0.25) is 0 Å². The van der Waals surface area contributed by atoms with Gasteiger partial charge in [-0.1, -0.05) is 66.7 Å². The highest BCUT2D eigenvalue weighted by Gasteiger charge is 2.25. The van der Waals surface area contributed by atoms with Crippen molar-refractivity contribution in [3.05, 3.63) is 95.6 Å². The monoisotopic (exact) mass is 425 g/mol. The molecule has 1 aliphatic rings. The van der Waals surface area contributed by atoms with Crippen molar-refractivity contribution in [2.75, 3.05) is 13.2 Å². The highest BCUT2D eigenvalue weighted by molar-refractivity contribution is 5.85. The first kappa shape index (κ1) is 22.2. The second-order valence-corrected chi connectivity index (χ2v) is 7.46. The molecule has 1 aliphatic heterocycles. The normalized spacial score (nSPS) is 14.6. The molecule has 0 fully saturated rings. The molecule has 0 saturated heterocycles. The van der Waals surface area contributed by atoms with Crippen molar-refractivity contribution >= 4 is 12.4 Å². The number of benzene rings is 3. The summed E-state index contributed by atoms with van der Waals surface area (Å²) in [5.41, 5.74) is 3.29. The summed E-state index contributed by atoms with van der Waals surface area (Å²) in [4.78, 5) is 2.31. The molecule has 0 bridgehead atoms. The number of hydrogen-bond donors (Lipinski definition) is 1. The molecule has 0 radical (unpaired) electrons. The standard InChI is InChI=1S/C25H27NO3.ClH/c1-19(25(27)22-12-13-23-24(16-22)29-15-14-28-23)26(17-20-8-4-2-5-9-20)18-21-10-6-3-7-11-21;/h2-13,16,19,25,27H,14-15,17-18H2,1H3;1H/t19-,25-;/m0./s1. The Kier molecular flexibility index (Phi) is 7.75. The predicted octanol–water partition coefficient (Wildman–Crippen LogP) is 5.00. The third kappa shape index (κ3) is 5.33. The summed E-state index contributed by atoms with van der Waals surface area (Å²) in [5, 5.41) is 11.2. The van der Waals surface area contributed by atoms with E-state index in [9.17, 15) is 5.11 Å². The van der Waals surface area contributed by atoms with Gasteiger partial charge in [0.25, 0.3) is 0 Å². The van der Waals surface area contributed by atoms with E-state index >= 15 is 0 Å². The van der Waals surface area contributed by atoms with Crippen LogP contribution in [0.2, 0.25) is 0 Å². The highest BCUT2D eigenvalue weighted by Crippen LogP contribution is 2.34. The summed E-state index contributed by atoms with van der Waals surface area (Å²) >= 11 is 0. The minimum Gasteiger partial charge on any atom is -0.486 e. The minimum atomic E-state index is -0.641. The van der Waals surface area contributed by atoms with E-state index in [1.807, 2.05) is 30.3 Å². The lowest BCUT2D eigenvalue weighted by molar-refractivity contribution is 0.0480. The van der Waals surface area contributed by atoms with Gasteiger partial charge in [-0.3, -0.25) is 4.90 Å². The highest BCUT2D eigenvalue weighted by atomic mass is 35.5. The van der Waals surface area contributed by atoms with Crippen molar-refractivity contribution in [2.24, 2.45) is 0 Å². The second kappa shape index (κ2) is 10.5. The zero-order valence-corrected chi connectivity index (χ0v) is 17.9. The van der Waals surface area contributed by atoms with Crippen LogP contribution in [0.3, 0.4) is 0 Å². The topological polar surface area (TPSA) is 41.9 Å². The summed E-state index contributed by atoms with van der Waals surface area (Å²) < 4.78 is 11.3. The quantitative estimate of drug-likeness (QED) is 0.578. The number of aliphatic hydroxyl groups is 1. The lowest BCUT2D eigenvalue weighted by Crippen LogP contribution is -2.36. The summed E-state index contributed by atoms with van der Waals surface area (Å²) in [6.07, 6.45) is -0.641. The molecule has 0 amide bonds. The molecule has 5 heteroatoms. The van der Waals surface area contributed by atoms with Crippen LogP contribution >= 0.6 is 12.4 Å². The predicted molar refractivity (Wildman–Crippen MR) is 121 cm³/mol. The molecule has 0 spiro atoms. The van der Waals surface area contributed by atoms with Crippen LogP contribution in [0.25, 0.3) is 0 Å². The van der Waals surface area contributed by atoms with Crippen LogP contribution < -0.4 is 9.47 Å². The molecule has 158 valence electrons. The number of hydrogen-bond acceptors (Lipinski definition) is 4. The Morgan fingerprint density at radius 3 is 1.90 bits per heavy atom. The molecule has 3 aromatic carbocycles. The maximum Gasteiger partial charge on any atom is 0.161 e. The Morgan fingerprint density at radius 2 is 1.33 bits per heavy atom. The molecule has 0 unspecified atom stereocenters. The molecule has 30 heavy (non-hydrogen) atoms. The Balaban J connectivity index is 0.00000256. The fraction of sp³-hybridized carbons (Fsp3) is 0.280. The molecule has 1 N–H and O–H groups in total. The van der Waals surface area contributed by atoms with Crippen molar-refractivity contribution in [2.45, 2.75) is 32.2 Å². The number of halogens is 1. The van der Waals surface area contributed by atoms with Crippen LogP contribution in [0.1, 0.15) is 29.7 Å². The Bertz CT molecular complexity index is 879. The van der Waals surface area contributed by atoms with Crippen LogP contribution in [-0.4, -0.2) is 29.3 Å². The molecule has 4 rings (SSSR count). The first-order valence-electron chi connectivity index (χ1n) is 10.1. The number of rotatable bonds is 7. The van der Waals surface area contributed by atoms with Gasteiger partial charge in [-0.25, -0.2) is 0 Å². The number of fused-ring (bicyclic) bond motifs is 1. The molecule has 2 atom stereocenters. The van der Waals surface area contributed by atoms with Crippen molar-refractivity contribution < 1.29 is 14.6 Å². The van der Waals surface area contributed by atoms with E-state index in [4.69, 9.17) is 9.47 Å². The SMILES string of the molecule is C[C@@H]([C@H](O)c1ccc2c(c1)OCCO2)N(Cc1ccccc1)Cc1ccccc1.Cl. The van der Waals surface area contributed by atoms with Gasteiger partial charge in [0.15, 0.2) is 11.5 Å². The van der Waals surface area contributed by atoms with Crippen LogP contribution in [0.15, 0.2) is 78.9 Å². The van der Waals surface area contributed by atoms with Gasteiger partial charge in [-0.2, -0.15) is 0 Å². The Hall–Kier alpha value is -2.53. The van der Waals surface area contributed by atoms with Gasteiger partial charge in [0.05, 0.1) is 6.10 Å². The summed E-state index contributed by atoms with van der Waals surface area (Å²) in [7, 11) is 0. The summed E-state index contributed by atoms with van der Waals surface area (Å²) in [5.74, 6) is 1.45. The lowest BCUT2D eigenvalue weighted by atomic mass is 10.00. The zero-order valence-electron chi connectivity index (χ0n) is 17.1. The summed E-state index contributed by atoms with van der Waals surface area (Å²) in [6, 6.07) is 26.4. The van der Waals surface area contributed by atoms with Crippen LogP contribution in [0.4, 0.5) is 0 Å². The molecular formula is C25H28ClNO3. The van der Waals surface area contributed by atoms with E-state index in [0.29, 0.717) is 19.0 Å². The van der Waals surface area contributed by atoms with Gasteiger partial charge < -0.3 is 14.6 Å². The molecule has 3 aromatic rings. The van der Waals surface area contributed by atoms with Gasteiger partial charge in [-0.15, -0.1) is 12.4 Å². The molecule has 0 aliphatic carbocycles. The zero-order chi connectivity index (χ0) is 20.1. The molecule has 4 nitrogen and oxygen atoms in total. The average molecular weight is 426 g/mol. The number of nitrogens with zero attached hydrogens (tertiary/aromatic N) is 1. The van der Waals surface area contributed by atoms with Gasteiger partial charge >= 0.3 is 0 Å². The summed E-state index contributed by atoms with van der Waals surface area (Å²) in [6.45, 7) is 4.70. The average Bonchev–Trinajstić information content (AvgIpc) is 2.79. The fourth-order valence-corrected chi connectivity index (χ4v) is 3.70. The van der Waals surface area contributed by atoms with Crippen molar-refractivity contribution in [1.82, 2.24) is 4.90 Å². The lowest BCUT2D eigenvalue weighted by Gasteiger charge is -2.33. The fourth-order valence-electron chi connectivity index (χ4n) is 3.70. The van der Waals surface area contributed by atoms with E-state index in [1.54, 1.807) is 0 Å². The molecular weight excluding hydrogens is 398 g/mol. The molecule has 1 heterocycles. The van der Waals surface area contributed by atoms with Gasteiger partial charge in [-0.05, 0) is 35.7 Å². The van der Waals surface area contributed by atoms with E-state index in [0.717, 1.165) is 24.4 Å². The third-order valence-corrected chi connectivity index (χ3v) is 5.40. The number of aliphatic hydroxyl groups excluding tert-OH is 1. The third-order valence-electron chi connectivity index (χ3n) is 5.40. The van der Waals surface area contributed by atoms with Crippen LogP contribution in [0, 0.1) is 0 Å². The largest absolute Gasteiger partial charge is 0.486 e. The van der Waals surface area contributed by atoms with Gasteiger partial charge in [0.1, 0.15) is 13.2 Å². The second-order valence-electron chi connectivity index (χ2n) is 7.46. The van der Waals surface area contributed by atoms with Crippen LogP contribution in [0.5, 0.6) is 11.5 Å². The van der Waals surface area contributed by atoms with Gasteiger partial charge in [0, 0.05) is 19.1 Å². The van der Waals surface area contributed by atoms with Crippen molar-refractivity contribution in [3.63, 3.8) is 0 Å². The first-order chi connectivity index (χ1) is 14.2. The van der Waals surface area contributed by atoms with E-state index in [1.165, 1.54) is 11.1 Å². The van der Waals surface area contributed by atoms with Crippen molar-refractivity contribution in [3.8, 4) is 11.5 Å². The Labute approximate surface area is 184 Å². The smallest absolute Gasteiger partial charge is 0.161 e. The molecule has 0 saturated carbocycles. The van der Waals surface area contributed by atoms with E-state index in [-0.39, 0.29) is 18.4 Å². The minimum absolute atomic E-state index is 0. The maximum absolute atomic E-state index is 11.2. The molecule has 0 aromatic heterocycles. The number of ether oxygens (including phenoxy) is 2. The van der Waals surface area contributed by atoms with E-state index in [2.05, 4.69) is 60.4 Å². The van der Waals surface area contributed by atoms with E-state index < -0.39 is 6.10 Å². The Morgan fingerprint density at radius 1 is 0.800 bits per heavy atom. The maximum atomic E-state index is 11.2. The van der Waals surface area contributed by atoms with Crippen molar-refractivity contribution in [1.29, 1.82) is 0 Å². The van der Waals surface area contributed by atoms with Crippen LogP contribution in [-0.2, 0) is 13.1 Å². The first-order valence-corrected chi connectivity index (χ1v) is 10.1.